The molecule has 0 aromatic rings. The number of alkyl halides is 2. The van der Waals surface area contributed by atoms with Crippen molar-refractivity contribution in [2.24, 2.45) is 5.73 Å². The Kier molecular flexibility index (Phi) is 4.06. The third-order valence-electron chi connectivity index (χ3n) is 2.72. The van der Waals surface area contributed by atoms with Crippen LogP contribution in [0.2, 0.25) is 0 Å². The molecule has 1 unspecified atom stereocenters. The molecule has 1 fully saturated rings. The van der Waals surface area contributed by atoms with Crippen LogP contribution >= 0.6 is 0 Å². The lowest BCUT2D eigenvalue weighted by atomic mass is 10.0. The summed E-state index contributed by atoms with van der Waals surface area (Å²) in [5, 5.41) is 0. The first-order chi connectivity index (χ1) is 6.09. The van der Waals surface area contributed by atoms with Gasteiger partial charge in [-0.3, -0.25) is 0 Å². The van der Waals surface area contributed by atoms with Crippen molar-refractivity contribution < 1.29 is 8.78 Å². The molecule has 78 valence electrons. The lowest BCUT2D eigenvalue weighted by molar-refractivity contribution is 0.0754. The zero-order chi connectivity index (χ0) is 9.84. The molecule has 1 atom stereocenters. The van der Waals surface area contributed by atoms with Crippen LogP contribution in [0.3, 0.4) is 0 Å². The van der Waals surface area contributed by atoms with Gasteiger partial charge in [-0.1, -0.05) is 0 Å². The number of piperidine rings is 1. The lowest BCUT2D eigenvalue weighted by Gasteiger charge is -2.34. The maximum absolute atomic E-state index is 12.1. The quantitative estimate of drug-likeness (QED) is 0.733. The van der Waals surface area contributed by atoms with Crippen molar-refractivity contribution in [1.29, 1.82) is 0 Å². The third kappa shape index (κ3) is 3.56. The highest BCUT2D eigenvalue weighted by atomic mass is 19.3. The Morgan fingerprint density at radius 1 is 1.38 bits per heavy atom. The number of hydrogen-bond donors (Lipinski definition) is 1. The van der Waals surface area contributed by atoms with Gasteiger partial charge in [0.1, 0.15) is 0 Å². The van der Waals surface area contributed by atoms with E-state index in [1.54, 1.807) is 0 Å². The Morgan fingerprint density at radius 3 is 2.38 bits per heavy atom. The molecule has 1 aliphatic heterocycles. The first kappa shape index (κ1) is 10.9. The molecule has 0 aliphatic carbocycles. The van der Waals surface area contributed by atoms with E-state index in [0.29, 0.717) is 0 Å². The molecule has 1 rings (SSSR count). The van der Waals surface area contributed by atoms with Gasteiger partial charge in [-0.05, 0) is 32.9 Å². The van der Waals surface area contributed by atoms with Gasteiger partial charge in [0.25, 0.3) is 0 Å². The van der Waals surface area contributed by atoms with Crippen LogP contribution in [0.25, 0.3) is 0 Å². The SMILES string of the molecule is CC(CC(F)F)N1CCC(N)CC1. The molecule has 0 aromatic heterocycles. The van der Waals surface area contributed by atoms with Crippen molar-refractivity contribution in [2.45, 2.75) is 44.7 Å². The summed E-state index contributed by atoms with van der Waals surface area (Å²) in [5.41, 5.74) is 5.72. The topological polar surface area (TPSA) is 29.3 Å². The van der Waals surface area contributed by atoms with E-state index < -0.39 is 6.43 Å². The van der Waals surface area contributed by atoms with Crippen molar-refractivity contribution >= 4 is 0 Å². The third-order valence-corrected chi connectivity index (χ3v) is 2.72. The lowest BCUT2D eigenvalue weighted by Crippen LogP contribution is -2.44. The van der Waals surface area contributed by atoms with Crippen LogP contribution in [0, 0.1) is 0 Å². The highest BCUT2D eigenvalue weighted by Crippen LogP contribution is 2.16. The van der Waals surface area contributed by atoms with Crippen LogP contribution in [-0.4, -0.2) is 36.5 Å². The Balaban J connectivity index is 2.27. The van der Waals surface area contributed by atoms with Crippen LogP contribution in [0.1, 0.15) is 26.2 Å². The second-order valence-electron chi connectivity index (χ2n) is 3.85. The standard InChI is InChI=1S/C9H18F2N2/c1-7(6-9(10)11)13-4-2-8(12)3-5-13/h7-9H,2-6,12H2,1H3. The maximum Gasteiger partial charge on any atom is 0.240 e. The predicted molar refractivity (Wildman–Crippen MR) is 48.9 cm³/mol. The minimum atomic E-state index is -2.19. The average Bonchev–Trinajstić information content (AvgIpc) is 2.04. The zero-order valence-electron chi connectivity index (χ0n) is 8.05. The summed E-state index contributed by atoms with van der Waals surface area (Å²) in [6.07, 6.45) is -0.332. The van der Waals surface area contributed by atoms with E-state index in [2.05, 4.69) is 4.90 Å². The fourth-order valence-corrected chi connectivity index (χ4v) is 1.77. The van der Waals surface area contributed by atoms with E-state index in [9.17, 15) is 8.78 Å². The van der Waals surface area contributed by atoms with E-state index in [1.807, 2.05) is 6.92 Å². The molecule has 0 aromatic carbocycles. The van der Waals surface area contributed by atoms with Gasteiger partial charge < -0.3 is 10.6 Å². The van der Waals surface area contributed by atoms with Crippen LogP contribution < -0.4 is 5.73 Å². The van der Waals surface area contributed by atoms with Gasteiger partial charge in [0.05, 0.1) is 0 Å². The summed E-state index contributed by atoms with van der Waals surface area (Å²) in [7, 11) is 0. The zero-order valence-corrected chi connectivity index (χ0v) is 8.05. The number of hydrogen-bond acceptors (Lipinski definition) is 2. The van der Waals surface area contributed by atoms with Gasteiger partial charge in [0.2, 0.25) is 6.43 Å². The van der Waals surface area contributed by atoms with Gasteiger partial charge in [0.15, 0.2) is 0 Å². The molecule has 4 heteroatoms. The van der Waals surface area contributed by atoms with Crippen LogP contribution in [0.4, 0.5) is 8.78 Å². The highest BCUT2D eigenvalue weighted by Gasteiger charge is 2.22. The largest absolute Gasteiger partial charge is 0.328 e. The maximum atomic E-state index is 12.1. The minimum absolute atomic E-state index is 0.00694. The van der Waals surface area contributed by atoms with Crippen molar-refractivity contribution in [3.8, 4) is 0 Å². The Morgan fingerprint density at radius 2 is 1.92 bits per heavy atom. The van der Waals surface area contributed by atoms with Crippen LogP contribution in [0.15, 0.2) is 0 Å². The molecule has 1 aliphatic rings. The minimum Gasteiger partial charge on any atom is -0.328 e. The van der Waals surface area contributed by atoms with Crippen LogP contribution in [-0.2, 0) is 0 Å². The van der Waals surface area contributed by atoms with Gasteiger partial charge in [-0.15, -0.1) is 0 Å². The molecular weight excluding hydrogens is 174 g/mol. The van der Waals surface area contributed by atoms with Gasteiger partial charge in [-0.2, -0.15) is 0 Å². The first-order valence-electron chi connectivity index (χ1n) is 4.87. The fraction of sp³-hybridized carbons (Fsp3) is 1.00. The number of nitrogens with zero attached hydrogens (tertiary/aromatic N) is 1. The molecule has 0 saturated carbocycles. The number of halogens is 2. The summed E-state index contributed by atoms with van der Waals surface area (Å²) in [6.45, 7) is 3.60. The first-order valence-corrected chi connectivity index (χ1v) is 4.87. The van der Waals surface area contributed by atoms with E-state index >= 15 is 0 Å². The van der Waals surface area contributed by atoms with Crippen molar-refractivity contribution in [2.75, 3.05) is 13.1 Å². The molecule has 0 bridgehead atoms. The second-order valence-corrected chi connectivity index (χ2v) is 3.85. The van der Waals surface area contributed by atoms with Gasteiger partial charge >= 0.3 is 0 Å². The van der Waals surface area contributed by atoms with E-state index in [4.69, 9.17) is 5.73 Å². The summed E-state index contributed by atoms with van der Waals surface area (Å²) in [4.78, 5) is 2.11. The number of nitrogens with two attached hydrogens (primary N) is 1. The Labute approximate surface area is 78.1 Å². The van der Waals surface area contributed by atoms with Crippen LogP contribution in [0.5, 0.6) is 0 Å². The number of rotatable bonds is 3. The van der Waals surface area contributed by atoms with Gasteiger partial charge in [-0.25, -0.2) is 8.78 Å². The molecule has 1 saturated heterocycles. The molecule has 1 heterocycles. The monoisotopic (exact) mass is 192 g/mol. The smallest absolute Gasteiger partial charge is 0.240 e. The normalized spacial score (nSPS) is 23.8. The number of likely N-dealkylation sites (tertiary alicyclic amines) is 1. The van der Waals surface area contributed by atoms with Crippen molar-refractivity contribution in [3.05, 3.63) is 0 Å². The Bertz CT molecular complexity index is 145. The molecule has 0 radical (unpaired) electrons. The average molecular weight is 192 g/mol. The van der Waals surface area contributed by atoms with Gasteiger partial charge in [0, 0.05) is 18.5 Å². The molecular formula is C9H18F2N2. The summed E-state index contributed by atoms with van der Waals surface area (Å²) in [5.74, 6) is 0. The van der Waals surface area contributed by atoms with E-state index in [-0.39, 0.29) is 18.5 Å². The molecule has 2 N–H and O–H groups in total. The second kappa shape index (κ2) is 4.86. The fourth-order valence-electron chi connectivity index (χ4n) is 1.77. The van der Waals surface area contributed by atoms with E-state index in [0.717, 1.165) is 25.9 Å². The summed E-state index contributed by atoms with van der Waals surface area (Å²) >= 11 is 0. The highest BCUT2D eigenvalue weighted by molar-refractivity contribution is 4.77. The molecule has 2 nitrogen and oxygen atoms in total. The Hall–Kier alpha value is -0.220. The summed E-state index contributed by atoms with van der Waals surface area (Å²) in [6, 6.07) is 0.266. The molecule has 0 amide bonds. The molecule has 0 spiro atoms. The summed E-state index contributed by atoms with van der Waals surface area (Å²) < 4.78 is 24.1. The van der Waals surface area contributed by atoms with Crippen molar-refractivity contribution in [3.63, 3.8) is 0 Å². The van der Waals surface area contributed by atoms with Crippen molar-refractivity contribution in [1.82, 2.24) is 4.90 Å². The van der Waals surface area contributed by atoms with E-state index in [1.165, 1.54) is 0 Å². The molecule has 13 heavy (non-hydrogen) atoms. The predicted octanol–water partition coefficient (Wildman–Crippen LogP) is 1.45.